The summed E-state index contributed by atoms with van der Waals surface area (Å²) in [5.74, 6) is 0. The van der Waals surface area contributed by atoms with E-state index in [9.17, 15) is 39.5 Å². The summed E-state index contributed by atoms with van der Waals surface area (Å²) in [6, 6.07) is -2.09. The zero-order valence-corrected chi connectivity index (χ0v) is 10.9. The molecule has 0 amide bonds. The molecule has 0 spiro atoms. The van der Waals surface area contributed by atoms with Crippen LogP contribution in [0, 0.1) is 0 Å². The molecule has 1 atom stereocenters. The first-order valence-corrected chi connectivity index (χ1v) is 5.85. The Hall–Kier alpha value is -1.45. The summed E-state index contributed by atoms with van der Waals surface area (Å²) >= 11 is 0. The second-order valence-corrected chi connectivity index (χ2v) is 4.46. The largest absolute Gasteiger partial charge is 0.417 e. The average Bonchev–Trinajstić information content (AvgIpc) is 2.32. The average molecular weight is 339 g/mol. The zero-order valence-electron chi connectivity index (χ0n) is 10.9. The van der Waals surface area contributed by atoms with Gasteiger partial charge in [0.2, 0.25) is 0 Å². The topological polar surface area (TPSA) is 26.0 Å². The van der Waals surface area contributed by atoms with Gasteiger partial charge in [-0.2, -0.15) is 39.5 Å². The molecule has 10 heteroatoms. The van der Waals surface area contributed by atoms with Crippen molar-refractivity contribution < 1.29 is 39.5 Å². The fourth-order valence-electron chi connectivity index (χ4n) is 2.00. The Bertz CT molecular complexity index is 539. The Balaban J connectivity index is 3.92. The number of hydrogen-bond acceptors (Lipinski definition) is 1. The van der Waals surface area contributed by atoms with Crippen LogP contribution in [0.2, 0.25) is 0 Å². The molecule has 0 saturated carbocycles. The fourth-order valence-corrected chi connectivity index (χ4v) is 2.00. The van der Waals surface area contributed by atoms with Gasteiger partial charge < -0.3 is 5.73 Å². The van der Waals surface area contributed by atoms with Gasteiger partial charge in [-0.25, -0.2) is 0 Å². The third kappa shape index (κ3) is 3.65. The van der Waals surface area contributed by atoms with Gasteiger partial charge in [0.05, 0.1) is 16.7 Å². The summed E-state index contributed by atoms with van der Waals surface area (Å²) in [7, 11) is 0. The van der Waals surface area contributed by atoms with Crippen LogP contribution in [0.25, 0.3) is 0 Å². The standard InChI is InChI=1S/C12H10F9N/c1-2-7(22)8-5(10(13,14)15)3-4-6(11(16,17)18)9(8)12(19,20)21/h3-4,7H,2,22H2,1H3. The zero-order chi connectivity index (χ0) is 17.5. The number of hydrogen-bond donors (Lipinski definition) is 1. The van der Waals surface area contributed by atoms with Crippen molar-refractivity contribution in [3.05, 3.63) is 34.4 Å². The summed E-state index contributed by atoms with van der Waals surface area (Å²) < 4.78 is 116. The Labute approximate surface area is 118 Å². The molecule has 0 bridgehead atoms. The van der Waals surface area contributed by atoms with E-state index < -0.39 is 53.2 Å². The van der Waals surface area contributed by atoms with Crippen LogP contribution in [0.5, 0.6) is 0 Å². The molecule has 0 heterocycles. The fraction of sp³-hybridized carbons (Fsp3) is 0.500. The van der Waals surface area contributed by atoms with E-state index in [-0.39, 0.29) is 12.1 Å². The van der Waals surface area contributed by atoms with Crippen LogP contribution in [-0.4, -0.2) is 0 Å². The van der Waals surface area contributed by atoms with Crippen LogP contribution in [0.4, 0.5) is 39.5 Å². The lowest BCUT2D eigenvalue weighted by Crippen LogP contribution is -2.26. The molecule has 0 fully saturated rings. The lowest BCUT2D eigenvalue weighted by molar-refractivity contribution is -0.164. The van der Waals surface area contributed by atoms with Crippen molar-refractivity contribution in [1.82, 2.24) is 0 Å². The number of alkyl halides is 9. The molecule has 2 N–H and O–H groups in total. The highest BCUT2D eigenvalue weighted by molar-refractivity contribution is 5.47. The van der Waals surface area contributed by atoms with Gasteiger partial charge in [0.25, 0.3) is 0 Å². The van der Waals surface area contributed by atoms with E-state index in [0.717, 1.165) is 0 Å². The maximum Gasteiger partial charge on any atom is 0.417 e. The van der Waals surface area contributed by atoms with Crippen molar-refractivity contribution in [2.24, 2.45) is 5.73 Å². The van der Waals surface area contributed by atoms with Gasteiger partial charge in [-0.15, -0.1) is 0 Å². The van der Waals surface area contributed by atoms with E-state index in [1.54, 1.807) is 0 Å². The number of halogens is 9. The van der Waals surface area contributed by atoms with Crippen LogP contribution < -0.4 is 5.73 Å². The normalized spacial score (nSPS) is 15.0. The molecule has 0 aliphatic heterocycles. The summed E-state index contributed by atoms with van der Waals surface area (Å²) in [6.07, 6.45) is -16.7. The summed E-state index contributed by atoms with van der Waals surface area (Å²) in [5, 5.41) is 0. The minimum atomic E-state index is -5.63. The Morgan fingerprint density at radius 2 is 1.23 bits per heavy atom. The molecule has 0 radical (unpaired) electrons. The third-order valence-electron chi connectivity index (χ3n) is 2.95. The molecule has 1 aromatic rings. The van der Waals surface area contributed by atoms with Crippen LogP contribution in [0.15, 0.2) is 12.1 Å². The summed E-state index contributed by atoms with van der Waals surface area (Å²) in [5.41, 5.74) is -2.74. The van der Waals surface area contributed by atoms with Gasteiger partial charge in [-0.1, -0.05) is 6.92 Å². The van der Waals surface area contributed by atoms with Crippen molar-refractivity contribution >= 4 is 0 Å². The summed E-state index contributed by atoms with van der Waals surface area (Å²) in [4.78, 5) is 0. The van der Waals surface area contributed by atoms with E-state index in [1.165, 1.54) is 6.92 Å². The molecule has 1 unspecified atom stereocenters. The van der Waals surface area contributed by atoms with Gasteiger partial charge in [-0.05, 0) is 24.1 Å². The molecule has 0 saturated heterocycles. The molecular formula is C12H10F9N. The molecular weight excluding hydrogens is 329 g/mol. The van der Waals surface area contributed by atoms with Crippen LogP contribution >= 0.6 is 0 Å². The highest BCUT2D eigenvalue weighted by Crippen LogP contribution is 2.47. The minimum Gasteiger partial charge on any atom is -0.324 e. The van der Waals surface area contributed by atoms with Gasteiger partial charge in [0.1, 0.15) is 0 Å². The van der Waals surface area contributed by atoms with Crippen LogP contribution in [-0.2, 0) is 18.5 Å². The van der Waals surface area contributed by atoms with E-state index in [1.807, 2.05) is 0 Å². The van der Waals surface area contributed by atoms with Crippen molar-refractivity contribution in [3.8, 4) is 0 Å². The van der Waals surface area contributed by atoms with Crippen molar-refractivity contribution in [2.75, 3.05) is 0 Å². The van der Waals surface area contributed by atoms with E-state index in [2.05, 4.69) is 0 Å². The van der Waals surface area contributed by atoms with E-state index >= 15 is 0 Å². The predicted molar refractivity (Wildman–Crippen MR) is 58.7 cm³/mol. The predicted octanol–water partition coefficient (Wildman–Crippen LogP) is 5.15. The number of benzene rings is 1. The molecule has 0 aliphatic rings. The van der Waals surface area contributed by atoms with Crippen molar-refractivity contribution in [2.45, 2.75) is 37.9 Å². The van der Waals surface area contributed by atoms with Crippen molar-refractivity contribution in [1.29, 1.82) is 0 Å². The lowest BCUT2D eigenvalue weighted by atomic mass is 9.89. The highest BCUT2D eigenvalue weighted by atomic mass is 19.4. The second-order valence-electron chi connectivity index (χ2n) is 4.46. The maximum absolute atomic E-state index is 13.0. The quantitative estimate of drug-likeness (QED) is 0.741. The number of rotatable bonds is 2. The molecule has 1 rings (SSSR count). The van der Waals surface area contributed by atoms with Crippen molar-refractivity contribution in [3.63, 3.8) is 0 Å². The molecule has 1 aromatic carbocycles. The molecule has 22 heavy (non-hydrogen) atoms. The Kier molecular flexibility index (Phi) is 4.76. The van der Waals surface area contributed by atoms with Gasteiger partial charge in [0.15, 0.2) is 0 Å². The monoisotopic (exact) mass is 339 g/mol. The summed E-state index contributed by atoms with van der Waals surface area (Å²) in [6.45, 7) is 1.17. The second kappa shape index (κ2) is 5.64. The smallest absolute Gasteiger partial charge is 0.324 e. The Morgan fingerprint density at radius 1 is 0.818 bits per heavy atom. The van der Waals surface area contributed by atoms with Gasteiger partial charge in [0, 0.05) is 6.04 Å². The van der Waals surface area contributed by atoms with E-state index in [4.69, 9.17) is 5.73 Å². The Morgan fingerprint density at radius 3 is 1.55 bits per heavy atom. The van der Waals surface area contributed by atoms with E-state index in [0.29, 0.717) is 0 Å². The minimum absolute atomic E-state index is 0.0249. The van der Waals surface area contributed by atoms with Crippen LogP contribution in [0.1, 0.15) is 41.6 Å². The first-order chi connectivity index (χ1) is 9.71. The third-order valence-corrected chi connectivity index (χ3v) is 2.95. The molecule has 0 aromatic heterocycles. The van der Waals surface area contributed by atoms with Gasteiger partial charge >= 0.3 is 18.5 Å². The first-order valence-electron chi connectivity index (χ1n) is 5.85. The highest BCUT2D eigenvalue weighted by Gasteiger charge is 2.48. The SMILES string of the molecule is CCC(N)c1c(C(F)(F)F)ccc(C(F)(F)F)c1C(F)(F)F. The molecule has 0 aliphatic carbocycles. The molecule has 126 valence electrons. The number of nitrogens with two attached hydrogens (primary N) is 1. The maximum atomic E-state index is 13.0. The van der Waals surface area contributed by atoms with Crippen LogP contribution in [0.3, 0.4) is 0 Å². The lowest BCUT2D eigenvalue weighted by Gasteiger charge is -2.25. The first kappa shape index (κ1) is 18.6. The molecule has 1 nitrogen and oxygen atoms in total. The van der Waals surface area contributed by atoms with Gasteiger partial charge in [-0.3, -0.25) is 0 Å².